The summed E-state index contributed by atoms with van der Waals surface area (Å²) in [4.78, 5) is 11.8. The first-order chi connectivity index (χ1) is 5.65. The zero-order valence-electron chi connectivity index (χ0n) is 6.53. The number of thiol groups is 2. The Morgan fingerprint density at radius 1 is 1.50 bits per heavy atom. The van der Waals surface area contributed by atoms with Crippen LogP contribution in [0.4, 0.5) is 0 Å². The van der Waals surface area contributed by atoms with Gasteiger partial charge in [0.1, 0.15) is 0 Å². The summed E-state index contributed by atoms with van der Waals surface area (Å²) in [7, 11) is 0. The first-order valence-electron chi connectivity index (χ1n) is 3.39. The second-order valence-electron chi connectivity index (χ2n) is 2.46. The highest BCUT2D eigenvalue weighted by atomic mass is 32.1. The number of rotatable bonds is 1. The van der Waals surface area contributed by atoms with Crippen molar-refractivity contribution in [2.75, 3.05) is 0 Å². The molecule has 0 saturated carbocycles. The van der Waals surface area contributed by atoms with Gasteiger partial charge < -0.3 is 0 Å². The minimum absolute atomic E-state index is 0.230. The molecular formula is C8H9NOS2. The summed E-state index contributed by atoms with van der Waals surface area (Å²) >= 11 is 7.82. The maximum absolute atomic E-state index is 11.2. The molecule has 0 bridgehead atoms. The molecule has 1 rings (SSSR count). The van der Waals surface area contributed by atoms with Gasteiger partial charge in [-0.15, -0.1) is 12.6 Å². The molecule has 0 unspecified atom stereocenters. The van der Waals surface area contributed by atoms with Crippen molar-refractivity contribution in [3.8, 4) is 0 Å². The number of nitrogens with one attached hydrogen (secondary N) is 1. The van der Waals surface area contributed by atoms with Crippen molar-refractivity contribution in [2.45, 2.75) is 11.8 Å². The predicted octanol–water partition coefficient (Wildman–Crippen LogP) is 1.86. The molecule has 0 aliphatic heterocycles. The largest absolute Gasteiger partial charge is 0.299 e. The summed E-state index contributed by atoms with van der Waals surface area (Å²) in [6.07, 6.45) is 0. The molecular weight excluding hydrogens is 190 g/mol. The highest BCUT2D eigenvalue weighted by molar-refractivity contribution is 7.80. The van der Waals surface area contributed by atoms with Gasteiger partial charge in [-0.1, -0.05) is 24.4 Å². The van der Waals surface area contributed by atoms with Crippen LogP contribution < -0.4 is 4.72 Å². The summed E-state index contributed by atoms with van der Waals surface area (Å²) in [6, 6.07) is 5.46. The number of carbonyl (C=O) groups excluding carboxylic acids is 1. The number of hydrogen-bond donors (Lipinski definition) is 3. The number of hydrogen-bond acceptors (Lipinski definition) is 3. The summed E-state index contributed by atoms with van der Waals surface area (Å²) in [5, 5.41) is 0. The quantitative estimate of drug-likeness (QED) is 0.592. The fourth-order valence-electron chi connectivity index (χ4n) is 0.892. The van der Waals surface area contributed by atoms with E-state index >= 15 is 0 Å². The Hall–Kier alpha value is -0.610. The standard InChI is InChI=1S/C8H9NOS2/c1-5-2-3-7(11)6(4-5)8(10)9-12/h2-4,11-12H,1H3,(H,9,10). The topological polar surface area (TPSA) is 29.1 Å². The van der Waals surface area contributed by atoms with E-state index in [1.54, 1.807) is 12.1 Å². The Kier molecular flexibility index (Phi) is 3.05. The molecule has 0 aliphatic carbocycles. The zero-order chi connectivity index (χ0) is 9.14. The lowest BCUT2D eigenvalue weighted by Gasteiger charge is -2.03. The van der Waals surface area contributed by atoms with Crippen LogP contribution >= 0.6 is 25.4 Å². The van der Waals surface area contributed by atoms with Crippen molar-refractivity contribution in [3.05, 3.63) is 29.3 Å². The molecule has 2 nitrogen and oxygen atoms in total. The summed E-state index contributed by atoms with van der Waals surface area (Å²) < 4.78 is 2.26. The Morgan fingerprint density at radius 2 is 2.17 bits per heavy atom. The fraction of sp³-hybridized carbons (Fsp3) is 0.125. The normalized spacial score (nSPS) is 9.58. The number of aryl methyl sites for hydroxylation is 1. The van der Waals surface area contributed by atoms with Crippen LogP contribution in [0, 0.1) is 6.92 Å². The average molecular weight is 199 g/mol. The Bertz CT molecular complexity index is 312. The van der Waals surface area contributed by atoms with E-state index in [1.165, 1.54) is 0 Å². The van der Waals surface area contributed by atoms with E-state index in [2.05, 4.69) is 30.2 Å². The van der Waals surface area contributed by atoms with E-state index in [1.807, 2.05) is 13.0 Å². The molecule has 4 heteroatoms. The first kappa shape index (κ1) is 9.48. The van der Waals surface area contributed by atoms with Gasteiger partial charge >= 0.3 is 0 Å². The Balaban J connectivity index is 3.13. The lowest BCUT2D eigenvalue weighted by Crippen LogP contribution is -2.13. The van der Waals surface area contributed by atoms with E-state index in [-0.39, 0.29) is 5.91 Å². The van der Waals surface area contributed by atoms with Crippen LogP contribution in [0.15, 0.2) is 23.1 Å². The van der Waals surface area contributed by atoms with Crippen molar-refractivity contribution in [2.24, 2.45) is 0 Å². The summed E-state index contributed by atoms with van der Waals surface area (Å²) in [5.41, 5.74) is 1.58. The van der Waals surface area contributed by atoms with Gasteiger partial charge in [0.2, 0.25) is 0 Å². The van der Waals surface area contributed by atoms with Gasteiger partial charge in [-0.25, -0.2) is 0 Å². The third-order valence-corrected chi connectivity index (χ3v) is 2.09. The van der Waals surface area contributed by atoms with Gasteiger partial charge in [-0.2, -0.15) is 0 Å². The second-order valence-corrected chi connectivity index (χ2v) is 3.17. The summed E-state index contributed by atoms with van der Waals surface area (Å²) in [6.45, 7) is 1.92. The minimum Gasteiger partial charge on any atom is -0.299 e. The third kappa shape index (κ3) is 1.95. The molecule has 0 radical (unpaired) electrons. The smallest absolute Gasteiger partial charge is 0.262 e. The molecule has 0 saturated heterocycles. The maximum atomic E-state index is 11.2. The molecule has 0 spiro atoms. The molecule has 0 aliphatic rings. The van der Waals surface area contributed by atoms with Crippen LogP contribution in [-0.4, -0.2) is 5.91 Å². The van der Waals surface area contributed by atoms with E-state index in [4.69, 9.17) is 0 Å². The number of carbonyl (C=O) groups is 1. The van der Waals surface area contributed by atoms with Crippen molar-refractivity contribution < 1.29 is 4.79 Å². The Morgan fingerprint density at radius 3 is 2.75 bits per heavy atom. The van der Waals surface area contributed by atoms with E-state index < -0.39 is 0 Å². The number of amides is 1. The molecule has 0 heterocycles. The molecule has 1 amide bonds. The highest BCUT2D eigenvalue weighted by Crippen LogP contribution is 2.15. The Labute approximate surface area is 82.3 Å². The van der Waals surface area contributed by atoms with Gasteiger partial charge in [0.25, 0.3) is 5.91 Å². The van der Waals surface area contributed by atoms with Gasteiger partial charge in [0.15, 0.2) is 0 Å². The zero-order valence-corrected chi connectivity index (χ0v) is 8.32. The molecule has 0 atom stereocenters. The molecule has 64 valence electrons. The average Bonchev–Trinajstić information content (AvgIpc) is 2.08. The van der Waals surface area contributed by atoms with Crippen LogP contribution in [0.2, 0.25) is 0 Å². The van der Waals surface area contributed by atoms with Crippen LogP contribution in [0.5, 0.6) is 0 Å². The molecule has 1 aromatic rings. The maximum Gasteiger partial charge on any atom is 0.262 e. The molecule has 0 aromatic heterocycles. The van der Waals surface area contributed by atoms with Gasteiger partial charge in [-0.05, 0) is 19.1 Å². The lowest BCUT2D eigenvalue weighted by molar-refractivity contribution is 0.0982. The van der Waals surface area contributed by atoms with E-state index in [0.717, 1.165) is 5.56 Å². The molecule has 1 N–H and O–H groups in total. The van der Waals surface area contributed by atoms with Crippen LogP contribution in [0.3, 0.4) is 0 Å². The van der Waals surface area contributed by atoms with Gasteiger partial charge in [-0.3, -0.25) is 9.52 Å². The van der Waals surface area contributed by atoms with Crippen molar-refractivity contribution in [1.82, 2.24) is 4.72 Å². The monoisotopic (exact) mass is 199 g/mol. The van der Waals surface area contributed by atoms with Crippen LogP contribution in [0.1, 0.15) is 15.9 Å². The van der Waals surface area contributed by atoms with Crippen molar-refractivity contribution in [1.29, 1.82) is 0 Å². The minimum atomic E-state index is -0.230. The molecule has 0 fully saturated rings. The predicted molar refractivity (Wildman–Crippen MR) is 54.9 cm³/mol. The first-order valence-corrected chi connectivity index (χ1v) is 4.28. The highest BCUT2D eigenvalue weighted by Gasteiger charge is 2.06. The number of benzene rings is 1. The van der Waals surface area contributed by atoms with Crippen LogP contribution in [-0.2, 0) is 0 Å². The van der Waals surface area contributed by atoms with Crippen LogP contribution in [0.25, 0.3) is 0 Å². The SMILES string of the molecule is Cc1ccc(S)c(C(=O)NS)c1. The lowest BCUT2D eigenvalue weighted by atomic mass is 10.1. The molecule has 1 aromatic carbocycles. The second kappa shape index (κ2) is 3.87. The summed E-state index contributed by atoms with van der Waals surface area (Å²) in [5.74, 6) is -0.230. The third-order valence-electron chi connectivity index (χ3n) is 1.50. The molecule has 12 heavy (non-hydrogen) atoms. The van der Waals surface area contributed by atoms with Gasteiger partial charge in [0, 0.05) is 4.90 Å². The van der Waals surface area contributed by atoms with E-state index in [9.17, 15) is 4.79 Å². The fourth-order valence-corrected chi connectivity index (χ4v) is 1.25. The van der Waals surface area contributed by atoms with Crippen molar-refractivity contribution in [3.63, 3.8) is 0 Å². The van der Waals surface area contributed by atoms with E-state index in [0.29, 0.717) is 10.5 Å². The van der Waals surface area contributed by atoms with Crippen molar-refractivity contribution >= 4 is 31.4 Å². The van der Waals surface area contributed by atoms with Gasteiger partial charge in [0.05, 0.1) is 5.56 Å².